The van der Waals surface area contributed by atoms with Gasteiger partial charge in [-0.15, -0.1) is 6.58 Å². The first-order valence-corrected chi connectivity index (χ1v) is 11.9. The number of ether oxygens (including phenoxy) is 1. The Balaban J connectivity index is 1.68. The predicted molar refractivity (Wildman–Crippen MR) is 123 cm³/mol. The normalized spacial score (nSPS) is 35.3. The monoisotopic (exact) mass is 412 g/mol. The van der Waals surface area contributed by atoms with Gasteiger partial charge in [-0.3, -0.25) is 4.79 Å². The summed E-state index contributed by atoms with van der Waals surface area (Å²) in [6.07, 6.45) is 16.2. The molecule has 3 nitrogen and oxygen atoms in total. The first kappa shape index (κ1) is 23.1. The molecule has 0 aromatic heterocycles. The minimum Gasteiger partial charge on any atom is -0.464 e. The van der Waals surface area contributed by atoms with Crippen molar-refractivity contribution in [1.82, 2.24) is 0 Å². The second-order valence-corrected chi connectivity index (χ2v) is 10.1. The maximum atomic E-state index is 10.9. The molecule has 0 aliphatic heterocycles. The molecule has 0 heterocycles. The summed E-state index contributed by atoms with van der Waals surface area (Å²) in [5.74, 6) is 1.34. The van der Waals surface area contributed by atoms with E-state index >= 15 is 0 Å². The molecule has 0 spiro atoms. The quantitative estimate of drug-likeness (QED) is 0.368. The van der Waals surface area contributed by atoms with Crippen LogP contribution in [-0.4, -0.2) is 23.8 Å². The Labute approximate surface area is 183 Å². The van der Waals surface area contributed by atoms with E-state index in [9.17, 15) is 9.90 Å². The Morgan fingerprint density at radius 3 is 2.80 bits per heavy atom. The second kappa shape index (κ2) is 10.1. The third kappa shape index (κ3) is 5.17. The van der Waals surface area contributed by atoms with E-state index in [0.717, 1.165) is 49.7 Å². The molecule has 3 fully saturated rings. The van der Waals surface area contributed by atoms with Crippen LogP contribution < -0.4 is 0 Å². The molecule has 0 bridgehead atoms. The summed E-state index contributed by atoms with van der Waals surface area (Å²) >= 11 is 0. The molecule has 166 valence electrons. The Bertz CT molecular complexity index is 716. The van der Waals surface area contributed by atoms with Gasteiger partial charge < -0.3 is 9.84 Å². The summed E-state index contributed by atoms with van der Waals surface area (Å²) in [5, 5.41) is 10.1. The average Bonchev–Trinajstić information content (AvgIpc) is 3.04. The molecule has 3 saturated carbocycles. The van der Waals surface area contributed by atoms with E-state index in [1.807, 2.05) is 6.92 Å². The van der Waals surface area contributed by atoms with Gasteiger partial charge in [0.1, 0.15) is 6.10 Å². The lowest BCUT2D eigenvalue weighted by atomic mass is 9.62. The van der Waals surface area contributed by atoms with Crippen LogP contribution in [0.3, 0.4) is 0 Å². The molecule has 3 aliphatic rings. The van der Waals surface area contributed by atoms with Crippen molar-refractivity contribution in [2.45, 2.75) is 96.7 Å². The first-order chi connectivity index (χ1) is 14.3. The molecule has 5 atom stereocenters. The lowest BCUT2D eigenvalue weighted by Gasteiger charge is -2.42. The van der Waals surface area contributed by atoms with Crippen molar-refractivity contribution in [2.75, 3.05) is 0 Å². The van der Waals surface area contributed by atoms with Crippen LogP contribution in [-0.2, 0) is 9.53 Å². The van der Waals surface area contributed by atoms with Gasteiger partial charge in [0.25, 0.3) is 6.47 Å². The summed E-state index contributed by atoms with van der Waals surface area (Å²) in [7, 11) is 0. The zero-order chi connectivity index (χ0) is 21.7. The van der Waals surface area contributed by atoms with Crippen molar-refractivity contribution in [3.63, 3.8) is 0 Å². The molecule has 0 amide bonds. The lowest BCUT2D eigenvalue weighted by molar-refractivity contribution is -0.134. The zero-order valence-electron chi connectivity index (χ0n) is 19.0. The Morgan fingerprint density at radius 1 is 1.27 bits per heavy atom. The molecule has 0 radical (unpaired) electrons. The van der Waals surface area contributed by atoms with Gasteiger partial charge in [-0.05, 0) is 99.5 Å². The molecule has 3 aliphatic carbocycles. The Morgan fingerprint density at radius 2 is 2.07 bits per heavy atom. The van der Waals surface area contributed by atoms with Crippen LogP contribution >= 0.6 is 0 Å². The van der Waals surface area contributed by atoms with Crippen LogP contribution in [0.2, 0.25) is 0 Å². The predicted octanol–water partition coefficient (Wildman–Crippen LogP) is 6.44. The molecule has 5 unspecified atom stereocenters. The van der Waals surface area contributed by atoms with Crippen LogP contribution in [0.25, 0.3) is 0 Å². The minimum atomic E-state index is -0.364. The largest absolute Gasteiger partial charge is 0.464 e. The van der Waals surface area contributed by atoms with E-state index in [1.54, 1.807) is 5.57 Å². The van der Waals surface area contributed by atoms with Gasteiger partial charge in [0, 0.05) is 6.42 Å². The number of aliphatic hydroxyl groups is 1. The van der Waals surface area contributed by atoms with Gasteiger partial charge in [-0.25, -0.2) is 0 Å². The van der Waals surface area contributed by atoms with Gasteiger partial charge in [-0.2, -0.15) is 0 Å². The van der Waals surface area contributed by atoms with E-state index in [2.05, 4.69) is 32.2 Å². The third-order valence-corrected chi connectivity index (χ3v) is 8.06. The molecule has 3 rings (SSSR count). The zero-order valence-corrected chi connectivity index (χ0v) is 19.0. The van der Waals surface area contributed by atoms with Crippen LogP contribution in [0.1, 0.15) is 84.5 Å². The lowest BCUT2D eigenvalue weighted by Crippen LogP contribution is -2.33. The fourth-order valence-corrected chi connectivity index (χ4v) is 6.33. The highest BCUT2D eigenvalue weighted by molar-refractivity contribution is 5.38. The van der Waals surface area contributed by atoms with Crippen molar-refractivity contribution in [1.29, 1.82) is 0 Å². The summed E-state index contributed by atoms with van der Waals surface area (Å²) in [6, 6.07) is 0. The fraction of sp³-hybridized carbons (Fsp3) is 0.667. The van der Waals surface area contributed by atoms with Crippen LogP contribution in [0.15, 0.2) is 47.6 Å². The number of hydrogen-bond donors (Lipinski definition) is 1. The van der Waals surface area contributed by atoms with Crippen LogP contribution in [0.5, 0.6) is 0 Å². The number of allylic oxidation sites excluding steroid dienone is 3. The third-order valence-electron chi connectivity index (χ3n) is 8.06. The number of carbonyl (C=O) groups is 1. The summed E-state index contributed by atoms with van der Waals surface area (Å²) in [5.41, 5.74) is 5.16. The van der Waals surface area contributed by atoms with E-state index in [1.165, 1.54) is 37.7 Å². The number of carbonyl (C=O) groups excluding carboxylic acids is 1. The summed E-state index contributed by atoms with van der Waals surface area (Å²) < 4.78 is 5.34. The average molecular weight is 413 g/mol. The van der Waals surface area contributed by atoms with Gasteiger partial charge in [0.15, 0.2) is 0 Å². The molecule has 3 heteroatoms. The molecule has 0 saturated heterocycles. The van der Waals surface area contributed by atoms with Crippen molar-refractivity contribution in [2.24, 2.45) is 17.3 Å². The molecule has 1 N–H and O–H groups in total. The highest BCUT2D eigenvalue weighted by Crippen LogP contribution is 2.58. The topological polar surface area (TPSA) is 46.5 Å². The summed E-state index contributed by atoms with van der Waals surface area (Å²) in [4.78, 5) is 10.9. The van der Waals surface area contributed by atoms with Gasteiger partial charge in [-0.1, -0.05) is 36.8 Å². The molecular formula is C27H40O3. The Hall–Kier alpha value is -1.61. The van der Waals surface area contributed by atoms with Gasteiger partial charge in [0.05, 0.1) is 6.10 Å². The standard InChI is InChI=1S/C27H40O3/c1-19(2)17-24(30-18-28)14-12-23-13-15-25-22(8-6-16-27(23,25)4)11-10-21-7-5-9-26(29)20(21)3/h10-11,18,23-26,29H,1,3,5-9,12-17H2,2,4H3/b21-10-,22-11+. The van der Waals surface area contributed by atoms with Crippen molar-refractivity contribution >= 4 is 6.47 Å². The van der Waals surface area contributed by atoms with E-state index in [4.69, 9.17) is 4.74 Å². The molecule has 0 aromatic carbocycles. The smallest absolute Gasteiger partial charge is 0.293 e. The minimum absolute atomic E-state index is 0.0327. The second-order valence-electron chi connectivity index (χ2n) is 10.1. The van der Waals surface area contributed by atoms with Crippen molar-refractivity contribution < 1.29 is 14.6 Å². The first-order valence-electron chi connectivity index (χ1n) is 11.9. The fourth-order valence-electron chi connectivity index (χ4n) is 6.33. The molecule has 30 heavy (non-hydrogen) atoms. The van der Waals surface area contributed by atoms with E-state index in [-0.39, 0.29) is 12.2 Å². The van der Waals surface area contributed by atoms with Crippen LogP contribution in [0, 0.1) is 17.3 Å². The van der Waals surface area contributed by atoms with Gasteiger partial charge >= 0.3 is 0 Å². The maximum Gasteiger partial charge on any atom is 0.293 e. The number of hydrogen-bond acceptors (Lipinski definition) is 3. The maximum absolute atomic E-state index is 10.9. The molecule has 0 aromatic rings. The Kier molecular flexibility index (Phi) is 7.79. The number of fused-ring (bicyclic) bond motifs is 1. The highest BCUT2D eigenvalue weighted by Gasteiger charge is 2.48. The van der Waals surface area contributed by atoms with Crippen molar-refractivity contribution in [3.05, 3.63) is 47.6 Å². The highest BCUT2D eigenvalue weighted by atomic mass is 16.5. The number of aliphatic hydroxyl groups excluding tert-OH is 1. The van der Waals surface area contributed by atoms with E-state index in [0.29, 0.717) is 23.7 Å². The van der Waals surface area contributed by atoms with Gasteiger partial charge in [0.2, 0.25) is 0 Å². The SMILES string of the molecule is C=C(C)CC(CCC1CCC2/C(=C/C=C3/CCCC(O)C3=C)CCCC12C)OC=O. The van der Waals surface area contributed by atoms with Crippen LogP contribution in [0.4, 0.5) is 0 Å². The summed E-state index contributed by atoms with van der Waals surface area (Å²) in [6.45, 7) is 13.2. The molecular weight excluding hydrogens is 372 g/mol. The van der Waals surface area contributed by atoms with Crippen molar-refractivity contribution in [3.8, 4) is 0 Å². The number of rotatable bonds is 8. The van der Waals surface area contributed by atoms with E-state index < -0.39 is 0 Å².